The fraction of sp³-hybridized carbons (Fsp3) is 0.529. The molecule has 1 aromatic carbocycles. The topological polar surface area (TPSA) is 40.5 Å². The number of quaternary nitrogens is 1. The fourth-order valence-corrected chi connectivity index (χ4v) is 3.48. The molecule has 1 aliphatic heterocycles. The molecule has 108 valence electrons. The number of aryl methyl sites for hydroxylation is 1. The highest BCUT2D eigenvalue weighted by Crippen LogP contribution is 2.27. The smallest absolute Gasteiger partial charge is 0.130 e. The number of aliphatic hydroxyl groups is 1. The lowest BCUT2D eigenvalue weighted by atomic mass is 9.98. The molecule has 3 nitrogen and oxygen atoms in total. The summed E-state index contributed by atoms with van der Waals surface area (Å²) >= 11 is 0. The minimum atomic E-state index is -0.366. The molecule has 0 aliphatic carbocycles. The van der Waals surface area contributed by atoms with Crippen LogP contribution in [0.4, 0.5) is 0 Å². The number of aliphatic hydroxyl groups excluding tert-OH is 1. The van der Waals surface area contributed by atoms with Crippen LogP contribution >= 0.6 is 0 Å². The molecule has 2 heterocycles. The summed E-state index contributed by atoms with van der Waals surface area (Å²) in [4.78, 5) is 4.92. The van der Waals surface area contributed by atoms with Gasteiger partial charge in [0.1, 0.15) is 12.6 Å². The Hall–Kier alpha value is -1.32. The van der Waals surface area contributed by atoms with Crippen LogP contribution < -0.4 is 4.90 Å². The van der Waals surface area contributed by atoms with Gasteiger partial charge in [-0.3, -0.25) is 0 Å². The zero-order chi connectivity index (χ0) is 14.1. The van der Waals surface area contributed by atoms with E-state index in [-0.39, 0.29) is 6.10 Å². The molecule has 3 rings (SSSR count). The maximum atomic E-state index is 10.7. The van der Waals surface area contributed by atoms with Crippen molar-refractivity contribution < 1.29 is 10.0 Å². The Morgan fingerprint density at radius 3 is 2.75 bits per heavy atom. The summed E-state index contributed by atoms with van der Waals surface area (Å²) in [7, 11) is 0. The Kier molecular flexibility index (Phi) is 3.81. The van der Waals surface area contributed by atoms with Gasteiger partial charge in [0.15, 0.2) is 0 Å². The first kappa shape index (κ1) is 13.7. The number of hydrogen-bond acceptors (Lipinski definition) is 1. The summed E-state index contributed by atoms with van der Waals surface area (Å²) in [5.74, 6) is 0.853. The highest BCUT2D eigenvalue weighted by Gasteiger charge is 2.24. The van der Waals surface area contributed by atoms with Crippen LogP contribution in [0.5, 0.6) is 0 Å². The number of rotatable bonds is 3. The summed E-state index contributed by atoms with van der Waals surface area (Å²) in [5, 5.41) is 11.8. The number of para-hydroxylation sites is 1. The molecule has 0 unspecified atom stereocenters. The predicted octanol–water partition coefficient (Wildman–Crippen LogP) is 1.82. The van der Waals surface area contributed by atoms with E-state index in [1.54, 1.807) is 4.90 Å². The van der Waals surface area contributed by atoms with Crippen LogP contribution in [0.1, 0.15) is 37.1 Å². The maximum absolute atomic E-state index is 10.7. The van der Waals surface area contributed by atoms with E-state index >= 15 is 0 Å². The van der Waals surface area contributed by atoms with Crippen molar-refractivity contribution in [1.29, 1.82) is 0 Å². The molecular formula is C17H25N2O+. The molecule has 1 aliphatic rings. The first-order valence-corrected chi connectivity index (χ1v) is 7.74. The van der Waals surface area contributed by atoms with Crippen LogP contribution in [0, 0.1) is 12.8 Å². The van der Waals surface area contributed by atoms with Gasteiger partial charge in [0, 0.05) is 22.2 Å². The Morgan fingerprint density at radius 2 is 2.00 bits per heavy atom. The van der Waals surface area contributed by atoms with Crippen molar-refractivity contribution in [2.24, 2.45) is 5.92 Å². The predicted molar refractivity (Wildman–Crippen MR) is 82.0 cm³/mol. The van der Waals surface area contributed by atoms with Crippen molar-refractivity contribution in [1.82, 2.24) is 4.98 Å². The lowest BCUT2D eigenvalue weighted by Crippen LogP contribution is -3.13. The van der Waals surface area contributed by atoms with Crippen molar-refractivity contribution in [3.8, 4) is 0 Å². The zero-order valence-corrected chi connectivity index (χ0v) is 12.4. The van der Waals surface area contributed by atoms with Gasteiger partial charge in [0.05, 0.1) is 13.1 Å². The minimum Gasteiger partial charge on any atom is -0.382 e. The van der Waals surface area contributed by atoms with E-state index in [1.807, 2.05) is 12.1 Å². The van der Waals surface area contributed by atoms with Gasteiger partial charge in [-0.15, -0.1) is 0 Å². The van der Waals surface area contributed by atoms with Gasteiger partial charge in [-0.2, -0.15) is 0 Å². The molecule has 1 atom stereocenters. The van der Waals surface area contributed by atoms with E-state index in [2.05, 4.69) is 31.0 Å². The normalized spacial score (nSPS) is 24.9. The van der Waals surface area contributed by atoms with Gasteiger partial charge in [-0.25, -0.2) is 0 Å². The van der Waals surface area contributed by atoms with Crippen LogP contribution in [-0.4, -0.2) is 29.7 Å². The molecule has 1 aromatic heterocycles. The van der Waals surface area contributed by atoms with E-state index in [4.69, 9.17) is 0 Å². The minimum absolute atomic E-state index is 0.366. The van der Waals surface area contributed by atoms with Crippen LogP contribution in [0.2, 0.25) is 0 Å². The Morgan fingerprint density at radius 1 is 1.30 bits per heavy atom. The number of likely N-dealkylation sites (tertiary alicyclic amines) is 1. The molecular weight excluding hydrogens is 248 g/mol. The number of H-pyrrole nitrogens is 1. The first-order valence-electron chi connectivity index (χ1n) is 7.74. The molecule has 1 fully saturated rings. The van der Waals surface area contributed by atoms with E-state index in [9.17, 15) is 5.11 Å². The molecule has 3 N–H and O–H groups in total. The van der Waals surface area contributed by atoms with Gasteiger partial charge in [0.2, 0.25) is 0 Å². The summed E-state index contributed by atoms with van der Waals surface area (Å²) in [6.07, 6.45) is 2.21. The first-order chi connectivity index (χ1) is 9.65. The number of aromatic nitrogens is 1. The van der Waals surface area contributed by atoms with E-state index < -0.39 is 0 Å². The van der Waals surface area contributed by atoms with Gasteiger partial charge < -0.3 is 15.0 Å². The molecule has 0 radical (unpaired) electrons. The van der Waals surface area contributed by atoms with Gasteiger partial charge in [-0.1, -0.05) is 25.1 Å². The van der Waals surface area contributed by atoms with Gasteiger partial charge in [0.25, 0.3) is 0 Å². The summed E-state index contributed by atoms with van der Waals surface area (Å²) in [6.45, 7) is 7.61. The number of benzene rings is 1. The van der Waals surface area contributed by atoms with Crippen molar-refractivity contribution in [3.05, 3.63) is 35.5 Å². The zero-order valence-electron chi connectivity index (χ0n) is 12.4. The lowest BCUT2D eigenvalue weighted by molar-refractivity contribution is -0.909. The second-order valence-corrected chi connectivity index (χ2v) is 6.36. The maximum Gasteiger partial charge on any atom is 0.130 e. The average molecular weight is 273 g/mol. The highest BCUT2D eigenvalue weighted by molar-refractivity contribution is 5.84. The second kappa shape index (κ2) is 5.58. The summed E-state index contributed by atoms with van der Waals surface area (Å²) in [5.41, 5.74) is 3.32. The van der Waals surface area contributed by atoms with Crippen LogP contribution in [0.15, 0.2) is 24.3 Å². The van der Waals surface area contributed by atoms with Crippen LogP contribution in [-0.2, 0) is 0 Å². The third-order valence-electron chi connectivity index (χ3n) is 4.74. The molecule has 0 bridgehead atoms. The number of fused-ring (bicyclic) bond motifs is 1. The lowest BCUT2D eigenvalue weighted by Gasteiger charge is -2.29. The molecule has 0 spiro atoms. The Labute approximate surface area is 120 Å². The van der Waals surface area contributed by atoms with Gasteiger partial charge >= 0.3 is 0 Å². The summed E-state index contributed by atoms with van der Waals surface area (Å²) < 4.78 is 0. The Balaban J connectivity index is 1.78. The van der Waals surface area contributed by atoms with Crippen molar-refractivity contribution >= 4 is 10.9 Å². The van der Waals surface area contributed by atoms with Crippen molar-refractivity contribution in [2.75, 3.05) is 19.6 Å². The molecule has 2 aromatic rings. The largest absolute Gasteiger partial charge is 0.382 e. The van der Waals surface area contributed by atoms with Crippen molar-refractivity contribution in [2.45, 2.75) is 32.8 Å². The molecule has 20 heavy (non-hydrogen) atoms. The monoisotopic (exact) mass is 273 g/mol. The highest BCUT2D eigenvalue weighted by atomic mass is 16.3. The summed E-state index contributed by atoms with van der Waals surface area (Å²) in [6, 6.07) is 8.26. The number of hydrogen-bond donors (Lipinski definition) is 3. The molecule has 0 saturated carbocycles. The van der Waals surface area contributed by atoms with Crippen LogP contribution in [0.25, 0.3) is 10.9 Å². The number of nitrogens with one attached hydrogen (secondary N) is 2. The van der Waals surface area contributed by atoms with E-state index in [0.29, 0.717) is 0 Å². The Bertz CT molecular complexity index is 582. The van der Waals surface area contributed by atoms with E-state index in [1.165, 1.54) is 31.3 Å². The van der Waals surface area contributed by atoms with Gasteiger partial charge in [-0.05, 0) is 31.7 Å². The fourth-order valence-electron chi connectivity index (χ4n) is 3.48. The molecule has 1 saturated heterocycles. The van der Waals surface area contributed by atoms with Crippen molar-refractivity contribution in [3.63, 3.8) is 0 Å². The average Bonchev–Trinajstić information content (AvgIpc) is 2.77. The van der Waals surface area contributed by atoms with Crippen LogP contribution in [0.3, 0.4) is 0 Å². The quantitative estimate of drug-likeness (QED) is 0.784. The third kappa shape index (κ3) is 2.60. The number of piperidine rings is 1. The second-order valence-electron chi connectivity index (χ2n) is 6.36. The SMILES string of the molecule is Cc1[nH]c2ccccc2c1[C@H](O)C[NH+]1CCC(C)CC1. The third-order valence-corrected chi connectivity index (χ3v) is 4.74. The molecule has 3 heteroatoms. The van der Waals surface area contributed by atoms with E-state index in [0.717, 1.165) is 29.2 Å². The standard InChI is InChI=1S/C17H24N2O/c1-12-7-9-19(10-8-12)11-16(20)17-13(2)18-15-6-4-3-5-14(15)17/h3-6,12,16,18,20H,7-11H2,1-2H3/p+1/t16-/m1/s1. The number of aromatic amines is 1. The molecule has 0 amide bonds.